The van der Waals surface area contributed by atoms with Gasteiger partial charge in [0.15, 0.2) is 0 Å². The fourth-order valence-electron chi connectivity index (χ4n) is 12.0. The average molecular weight is 1310 g/mol. The van der Waals surface area contributed by atoms with E-state index in [-0.39, 0.29) is 39.3 Å². The molecule has 0 radical (unpaired) electrons. The number of unbranched alkanes of at least 4 members (excludes halogenated alkanes) is 18. The number of benzene rings is 6. The first-order valence-electron chi connectivity index (χ1n) is 36.3. The lowest BCUT2D eigenvalue weighted by Gasteiger charge is -2.37. The van der Waals surface area contributed by atoms with Crippen molar-refractivity contribution in [1.29, 1.82) is 0 Å². The van der Waals surface area contributed by atoms with E-state index in [4.69, 9.17) is 37.9 Å². The van der Waals surface area contributed by atoms with Crippen LogP contribution in [0.3, 0.4) is 0 Å². The number of carbonyl (C=O) groups excluding carboxylic acids is 2. The molecule has 10 heteroatoms. The Hall–Kier alpha value is -7.34. The van der Waals surface area contributed by atoms with E-state index in [1.807, 2.05) is 121 Å². The molecule has 0 heterocycles. The van der Waals surface area contributed by atoms with Crippen molar-refractivity contribution in [3.05, 3.63) is 252 Å². The molecule has 0 aromatic heterocycles. The maximum Gasteiger partial charge on any atom is 0.306 e. The lowest BCUT2D eigenvalue weighted by Crippen LogP contribution is -2.38. The summed E-state index contributed by atoms with van der Waals surface area (Å²) in [7, 11) is 3.30. The lowest BCUT2D eigenvalue weighted by atomic mass is 9.80. The highest BCUT2D eigenvalue weighted by Gasteiger charge is 2.40. The summed E-state index contributed by atoms with van der Waals surface area (Å²) < 4.78 is 51.0. The van der Waals surface area contributed by atoms with Crippen LogP contribution in [0, 0.1) is 0 Å². The minimum Gasteiger partial charge on any atom is -0.497 e. The van der Waals surface area contributed by atoms with Crippen LogP contribution in [0.15, 0.2) is 218 Å². The minimum atomic E-state index is -1.11. The molecule has 0 bridgehead atoms. The lowest BCUT2D eigenvalue weighted by molar-refractivity contribution is -0.166. The predicted octanol–water partition coefficient (Wildman–Crippen LogP) is 21.3. The molecule has 2 unspecified atom stereocenters. The van der Waals surface area contributed by atoms with Crippen molar-refractivity contribution >= 4 is 11.9 Å². The fourth-order valence-corrected chi connectivity index (χ4v) is 12.0. The summed E-state index contributed by atoms with van der Waals surface area (Å²) in [5, 5.41) is 0. The third-order valence-corrected chi connectivity index (χ3v) is 17.4. The first kappa shape index (κ1) is 77.7. The van der Waals surface area contributed by atoms with E-state index in [1.54, 1.807) is 14.2 Å². The van der Waals surface area contributed by atoms with Crippen molar-refractivity contribution < 1.29 is 47.5 Å². The molecule has 0 aliphatic carbocycles. The maximum absolute atomic E-state index is 14.2. The quantitative estimate of drug-likeness (QED) is 0.0159. The highest BCUT2D eigenvalue weighted by atomic mass is 16.6. The third-order valence-electron chi connectivity index (χ3n) is 17.4. The fraction of sp³-hybridized carbons (Fsp3) is 0.465. The minimum absolute atomic E-state index is 0.0120. The van der Waals surface area contributed by atoms with E-state index >= 15 is 0 Å². The highest BCUT2D eigenvalue weighted by molar-refractivity contribution is 5.78. The Bertz CT molecular complexity index is 2760. The van der Waals surface area contributed by atoms with Gasteiger partial charge in [-0.05, 0) is 122 Å². The van der Waals surface area contributed by atoms with Crippen molar-refractivity contribution in [2.45, 2.75) is 204 Å². The van der Waals surface area contributed by atoms with E-state index in [2.05, 4.69) is 111 Å². The largest absolute Gasteiger partial charge is 0.497 e. The van der Waals surface area contributed by atoms with Gasteiger partial charge in [0.2, 0.25) is 0 Å². The zero-order valence-corrected chi connectivity index (χ0v) is 58.6. The van der Waals surface area contributed by atoms with E-state index in [9.17, 15) is 9.59 Å². The van der Waals surface area contributed by atoms with Crippen LogP contribution in [0.4, 0.5) is 0 Å². The highest BCUT2D eigenvalue weighted by Crippen LogP contribution is 2.43. The van der Waals surface area contributed by atoms with Crippen molar-refractivity contribution in [3.8, 4) is 11.5 Å². The first-order valence-corrected chi connectivity index (χ1v) is 36.3. The molecule has 6 rings (SSSR count). The molecular weight excluding hydrogens is 1190 g/mol. The molecule has 0 aliphatic heterocycles. The third kappa shape index (κ3) is 28.4. The van der Waals surface area contributed by atoms with Gasteiger partial charge >= 0.3 is 11.9 Å². The number of esters is 2. The van der Waals surface area contributed by atoms with Crippen molar-refractivity contribution in [2.24, 2.45) is 0 Å². The van der Waals surface area contributed by atoms with Crippen LogP contribution in [0.2, 0.25) is 0 Å². The van der Waals surface area contributed by atoms with Crippen molar-refractivity contribution in [2.75, 3.05) is 53.9 Å². The molecule has 0 spiro atoms. The van der Waals surface area contributed by atoms with Crippen LogP contribution in [0.1, 0.15) is 214 Å². The van der Waals surface area contributed by atoms with E-state index < -0.39 is 35.3 Å². The zero-order chi connectivity index (χ0) is 67.7. The molecule has 518 valence electrons. The van der Waals surface area contributed by atoms with E-state index in [1.165, 1.54) is 89.9 Å². The van der Waals surface area contributed by atoms with Gasteiger partial charge in [-0.2, -0.15) is 0 Å². The predicted molar refractivity (Wildman–Crippen MR) is 393 cm³/mol. The Labute approximate surface area is 577 Å². The zero-order valence-electron chi connectivity index (χ0n) is 58.6. The molecule has 0 saturated heterocycles. The van der Waals surface area contributed by atoms with Crippen LogP contribution >= 0.6 is 0 Å². The summed E-state index contributed by atoms with van der Waals surface area (Å²) in [5.74, 6) is 0.295. The molecule has 96 heavy (non-hydrogen) atoms. The van der Waals surface area contributed by atoms with E-state index in [0.29, 0.717) is 24.7 Å². The van der Waals surface area contributed by atoms with E-state index in [0.717, 1.165) is 97.6 Å². The molecule has 10 nitrogen and oxygen atoms in total. The molecule has 6 aromatic carbocycles. The number of hydrogen-bond donors (Lipinski definition) is 0. The molecule has 0 N–H and O–H groups in total. The Kier molecular flexibility index (Phi) is 39.1. The second-order valence-corrected chi connectivity index (χ2v) is 24.9. The summed E-state index contributed by atoms with van der Waals surface area (Å²) in [6, 6.07) is 56.1. The molecular formula is C86H114O10. The van der Waals surface area contributed by atoms with Gasteiger partial charge in [-0.15, -0.1) is 0 Å². The van der Waals surface area contributed by atoms with Gasteiger partial charge in [0.25, 0.3) is 0 Å². The van der Waals surface area contributed by atoms with Crippen LogP contribution in [0.25, 0.3) is 0 Å². The van der Waals surface area contributed by atoms with Crippen LogP contribution in [-0.4, -0.2) is 78.0 Å². The van der Waals surface area contributed by atoms with Crippen LogP contribution < -0.4 is 9.47 Å². The SMILES string of the molecule is CCCC/C=C\C/C=C\CCCCCCCCCOCC(COC(c1ccccc1)(c1ccccc1)c1ccc(OC)cc1)OC(=O)CCC(=O)OC(COCCCCCCCCC/C=C\C/C=C\CCCC)COC(c1ccccc1)(c1ccccc1)c1ccc(OC)cc1. The summed E-state index contributed by atoms with van der Waals surface area (Å²) in [4.78, 5) is 28.5. The van der Waals surface area contributed by atoms with Gasteiger partial charge in [-0.25, -0.2) is 0 Å². The molecule has 0 amide bonds. The summed E-state index contributed by atoms with van der Waals surface area (Å²) in [6.07, 6.45) is 43.8. The average Bonchev–Trinajstić information content (AvgIpc) is 0.776. The van der Waals surface area contributed by atoms with Gasteiger partial charge < -0.3 is 37.9 Å². The number of rotatable bonds is 53. The monoisotopic (exact) mass is 1310 g/mol. The molecule has 0 fully saturated rings. The number of hydrogen-bond acceptors (Lipinski definition) is 10. The van der Waals surface area contributed by atoms with Gasteiger partial charge in [-0.3, -0.25) is 9.59 Å². The molecule has 6 aromatic rings. The van der Waals surface area contributed by atoms with Gasteiger partial charge in [-0.1, -0.05) is 298 Å². The second kappa shape index (κ2) is 48.4. The van der Waals surface area contributed by atoms with Crippen molar-refractivity contribution in [1.82, 2.24) is 0 Å². The van der Waals surface area contributed by atoms with Crippen LogP contribution in [0.5, 0.6) is 11.5 Å². The number of methoxy groups -OCH3 is 2. The summed E-state index contributed by atoms with van der Waals surface area (Å²) in [6.45, 7) is 5.66. The van der Waals surface area contributed by atoms with Gasteiger partial charge in [0, 0.05) is 13.2 Å². The van der Waals surface area contributed by atoms with Gasteiger partial charge in [0.05, 0.1) is 53.5 Å². The topological polar surface area (TPSA) is 108 Å². The Balaban J connectivity index is 1.11. The first-order chi connectivity index (χ1) is 47.4. The number of carbonyl (C=O) groups is 2. The molecule has 0 aliphatic rings. The number of allylic oxidation sites excluding steroid dienone is 8. The standard InChI is InChI=1S/C86H114O10/c1-5-7-9-11-13-15-17-19-21-23-25-27-29-31-33-47-67-91-69-81(71-93-85(73-49-39-35-40-50-73,74-51-41-36-42-52-74)77-57-61-79(89-3)62-58-77)95-83(87)65-66-84(88)96-82(70-92-68-48-34-32-30-28-26-24-22-20-18-16-14-12-10-8-6-2)72-94-86(75-53-43-37-44-54-75,76-55-45-38-46-56-76)78-59-63-80(90-4)64-60-78/h11-14,17-20,35-46,49-64,81-82H,5-10,15-16,21-34,47-48,65-72H2,1-4H3/b13-11-,14-12-,19-17-,20-18-. The van der Waals surface area contributed by atoms with Gasteiger partial charge in [0.1, 0.15) is 34.9 Å². The normalized spacial score (nSPS) is 12.7. The number of ether oxygens (including phenoxy) is 8. The summed E-state index contributed by atoms with van der Waals surface area (Å²) in [5.41, 5.74) is 3.11. The maximum atomic E-state index is 14.2. The smallest absolute Gasteiger partial charge is 0.306 e. The second-order valence-electron chi connectivity index (χ2n) is 24.9. The molecule has 0 saturated carbocycles. The Morgan fingerprint density at radius 1 is 0.333 bits per heavy atom. The summed E-state index contributed by atoms with van der Waals surface area (Å²) >= 11 is 0. The Morgan fingerprint density at radius 2 is 0.615 bits per heavy atom. The van der Waals surface area contributed by atoms with Crippen molar-refractivity contribution in [3.63, 3.8) is 0 Å². The Morgan fingerprint density at radius 3 is 0.917 bits per heavy atom. The van der Waals surface area contributed by atoms with Crippen LogP contribution in [-0.2, 0) is 49.2 Å². The molecule has 2 atom stereocenters.